The van der Waals surface area contributed by atoms with E-state index >= 15 is 0 Å². The Morgan fingerprint density at radius 2 is 1.84 bits per heavy atom. The summed E-state index contributed by atoms with van der Waals surface area (Å²) < 4.78 is 0. The molecule has 0 radical (unpaired) electrons. The zero-order chi connectivity index (χ0) is 18.2. The molecule has 0 bridgehead atoms. The molecule has 1 aliphatic rings. The minimum absolute atomic E-state index is 0.121. The Balaban J connectivity index is 1.76. The van der Waals surface area contributed by atoms with Gasteiger partial charge in [-0.25, -0.2) is 0 Å². The number of piperazine rings is 1. The molecule has 25 heavy (non-hydrogen) atoms. The van der Waals surface area contributed by atoms with Crippen molar-refractivity contribution in [2.75, 3.05) is 45.8 Å². The van der Waals surface area contributed by atoms with Crippen LogP contribution in [-0.2, 0) is 11.3 Å². The lowest BCUT2D eigenvalue weighted by Crippen LogP contribution is -2.50. The van der Waals surface area contributed by atoms with Crippen LogP contribution < -0.4 is 0 Å². The summed E-state index contributed by atoms with van der Waals surface area (Å²) in [6, 6.07) is 10.2. The Morgan fingerprint density at radius 3 is 2.40 bits per heavy atom. The van der Waals surface area contributed by atoms with Crippen LogP contribution in [0.4, 0.5) is 0 Å². The minimum Gasteiger partial charge on any atom is -0.341 e. The number of hydrogen-bond donors (Lipinski definition) is 0. The highest BCUT2D eigenvalue weighted by Crippen LogP contribution is 2.13. The smallest absolute Gasteiger partial charge is 0.236 e. The van der Waals surface area contributed by atoms with Gasteiger partial charge in [-0.3, -0.25) is 14.6 Å². The van der Waals surface area contributed by atoms with E-state index in [1.54, 1.807) is 4.90 Å². The molecule has 0 saturated carbocycles. The predicted octanol–water partition coefficient (Wildman–Crippen LogP) is 2.47. The summed E-state index contributed by atoms with van der Waals surface area (Å²) in [4.78, 5) is 18.8. The molecular weight excluding hydrogens is 336 g/mol. The Morgan fingerprint density at radius 1 is 1.24 bits per heavy atom. The number of amides is 1. The van der Waals surface area contributed by atoms with Gasteiger partial charge in [-0.15, -0.1) is 0 Å². The van der Waals surface area contributed by atoms with Gasteiger partial charge in [0.25, 0.3) is 0 Å². The largest absolute Gasteiger partial charge is 0.341 e. The molecule has 1 atom stereocenters. The zero-order valence-electron chi connectivity index (χ0n) is 15.1. The summed E-state index contributed by atoms with van der Waals surface area (Å²) >= 11 is 5.93. The maximum Gasteiger partial charge on any atom is 0.236 e. The number of likely N-dealkylation sites (N-methyl/N-ethyl adjacent to an activating group) is 1. The number of benzene rings is 1. The van der Waals surface area contributed by atoms with Gasteiger partial charge in [0.2, 0.25) is 5.91 Å². The van der Waals surface area contributed by atoms with E-state index in [-0.39, 0.29) is 11.8 Å². The molecule has 0 spiro atoms. The van der Waals surface area contributed by atoms with Crippen LogP contribution in [0.2, 0.25) is 5.02 Å². The number of carbonyl (C=O) groups is 1. The molecule has 1 aromatic carbocycles. The van der Waals surface area contributed by atoms with Crippen molar-refractivity contribution in [2.24, 2.45) is 5.92 Å². The summed E-state index contributed by atoms with van der Waals surface area (Å²) in [6.07, 6.45) is 0. The third kappa shape index (κ3) is 6.32. The minimum atomic E-state index is -0.125. The van der Waals surface area contributed by atoms with Crippen molar-refractivity contribution in [3.05, 3.63) is 34.9 Å². The second kappa shape index (κ2) is 9.76. The SMILES string of the molecule is CCN(CC(C)C#N)C(=O)CN1CCN(Cc2ccc(Cl)cc2)CC1. The molecule has 0 aromatic heterocycles. The molecule has 136 valence electrons. The first-order chi connectivity index (χ1) is 12.0. The van der Waals surface area contributed by atoms with Crippen molar-refractivity contribution in [1.82, 2.24) is 14.7 Å². The number of rotatable bonds is 7. The summed E-state index contributed by atoms with van der Waals surface area (Å²) in [5, 5.41) is 9.70. The average molecular weight is 363 g/mol. The highest BCUT2D eigenvalue weighted by atomic mass is 35.5. The quantitative estimate of drug-likeness (QED) is 0.747. The van der Waals surface area contributed by atoms with Crippen molar-refractivity contribution < 1.29 is 4.79 Å². The predicted molar refractivity (Wildman–Crippen MR) is 100 cm³/mol. The van der Waals surface area contributed by atoms with Gasteiger partial charge in [0.15, 0.2) is 0 Å². The number of carbonyl (C=O) groups excluding carboxylic acids is 1. The molecule has 1 aliphatic heterocycles. The van der Waals surface area contributed by atoms with Gasteiger partial charge in [-0.1, -0.05) is 23.7 Å². The van der Waals surface area contributed by atoms with Gasteiger partial charge in [-0.05, 0) is 31.5 Å². The number of nitriles is 1. The lowest BCUT2D eigenvalue weighted by molar-refractivity contribution is -0.133. The van der Waals surface area contributed by atoms with Gasteiger partial charge < -0.3 is 4.90 Å². The third-order valence-electron chi connectivity index (χ3n) is 4.59. The Kier molecular flexibility index (Phi) is 7.70. The normalized spacial score (nSPS) is 17.0. The number of halogens is 1. The maximum absolute atomic E-state index is 12.4. The zero-order valence-corrected chi connectivity index (χ0v) is 15.9. The molecule has 6 heteroatoms. The molecule has 1 heterocycles. The second-order valence-corrected chi connectivity index (χ2v) is 7.08. The molecule has 0 N–H and O–H groups in total. The summed E-state index contributed by atoms with van der Waals surface area (Å²) in [5.41, 5.74) is 1.26. The van der Waals surface area contributed by atoms with E-state index in [9.17, 15) is 4.79 Å². The van der Waals surface area contributed by atoms with Crippen LogP contribution in [0.3, 0.4) is 0 Å². The lowest BCUT2D eigenvalue weighted by atomic mass is 10.2. The first kappa shape index (κ1) is 19.7. The van der Waals surface area contributed by atoms with Crippen LogP contribution in [0, 0.1) is 17.2 Å². The lowest BCUT2D eigenvalue weighted by Gasteiger charge is -2.35. The number of nitrogens with zero attached hydrogens (tertiary/aromatic N) is 4. The Labute approximate surface area is 155 Å². The monoisotopic (exact) mass is 362 g/mol. The van der Waals surface area contributed by atoms with Crippen LogP contribution >= 0.6 is 11.6 Å². The first-order valence-electron chi connectivity index (χ1n) is 8.88. The van der Waals surface area contributed by atoms with Crippen molar-refractivity contribution in [1.29, 1.82) is 5.26 Å². The highest BCUT2D eigenvalue weighted by Gasteiger charge is 2.22. The van der Waals surface area contributed by atoms with Gasteiger partial charge in [-0.2, -0.15) is 5.26 Å². The Hall–Kier alpha value is -1.61. The fraction of sp³-hybridized carbons (Fsp3) is 0.579. The van der Waals surface area contributed by atoms with Crippen molar-refractivity contribution in [3.63, 3.8) is 0 Å². The summed E-state index contributed by atoms with van der Waals surface area (Å²) in [6.45, 7) is 10.0. The van der Waals surface area contributed by atoms with Gasteiger partial charge in [0, 0.05) is 50.8 Å². The van der Waals surface area contributed by atoms with Crippen molar-refractivity contribution in [3.8, 4) is 6.07 Å². The summed E-state index contributed by atoms with van der Waals surface area (Å²) in [7, 11) is 0. The van der Waals surface area contributed by atoms with E-state index in [0.717, 1.165) is 37.7 Å². The molecule has 1 saturated heterocycles. The van der Waals surface area contributed by atoms with E-state index in [2.05, 4.69) is 28.0 Å². The topological polar surface area (TPSA) is 50.6 Å². The molecule has 5 nitrogen and oxygen atoms in total. The van der Waals surface area contributed by atoms with E-state index in [1.807, 2.05) is 26.0 Å². The highest BCUT2D eigenvalue weighted by molar-refractivity contribution is 6.30. The van der Waals surface area contributed by atoms with Crippen LogP contribution in [0.25, 0.3) is 0 Å². The second-order valence-electron chi connectivity index (χ2n) is 6.64. The van der Waals surface area contributed by atoms with Crippen LogP contribution in [0.5, 0.6) is 0 Å². The molecule has 0 aliphatic carbocycles. The van der Waals surface area contributed by atoms with Crippen molar-refractivity contribution >= 4 is 17.5 Å². The maximum atomic E-state index is 12.4. The molecule has 1 unspecified atom stereocenters. The van der Waals surface area contributed by atoms with E-state index in [0.29, 0.717) is 19.6 Å². The standard InChI is InChI=1S/C19H27ClN4O/c1-3-24(13-16(2)12-21)19(25)15-23-10-8-22(9-11-23)14-17-4-6-18(20)7-5-17/h4-7,16H,3,8-11,13-15H2,1-2H3. The van der Waals surface area contributed by atoms with Crippen LogP contribution in [-0.4, -0.2) is 66.4 Å². The fourth-order valence-electron chi connectivity index (χ4n) is 3.02. The third-order valence-corrected chi connectivity index (χ3v) is 4.84. The Bertz CT molecular complexity index is 590. The van der Waals surface area contributed by atoms with Crippen LogP contribution in [0.1, 0.15) is 19.4 Å². The fourth-order valence-corrected chi connectivity index (χ4v) is 3.15. The van der Waals surface area contributed by atoms with E-state index in [4.69, 9.17) is 16.9 Å². The first-order valence-corrected chi connectivity index (χ1v) is 9.26. The molecule has 1 amide bonds. The van der Waals surface area contributed by atoms with Crippen LogP contribution in [0.15, 0.2) is 24.3 Å². The molecule has 1 aromatic rings. The number of hydrogen-bond acceptors (Lipinski definition) is 4. The van der Waals surface area contributed by atoms with Gasteiger partial charge in [0.05, 0.1) is 18.5 Å². The van der Waals surface area contributed by atoms with Crippen molar-refractivity contribution in [2.45, 2.75) is 20.4 Å². The molecule has 1 fully saturated rings. The molecule has 2 rings (SSSR count). The summed E-state index contributed by atoms with van der Waals surface area (Å²) in [5.74, 6) is -0.00382. The van der Waals surface area contributed by atoms with Gasteiger partial charge in [0.1, 0.15) is 0 Å². The van der Waals surface area contributed by atoms with E-state index in [1.165, 1.54) is 5.56 Å². The average Bonchev–Trinajstić information content (AvgIpc) is 2.62. The van der Waals surface area contributed by atoms with Gasteiger partial charge >= 0.3 is 0 Å². The van der Waals surface area contributed by atoms with E-state index < -0.39 is 0 Å². The molecular formula is C19H27ClN4O.